The maximum Gasteiger partial charge on any atom is 0.338 e. The fraction of sp³-hybridized carbons (Fsp3) is 0.174. The normalized spacial score (nSPS) is 11.0. The van der Waals surface area contributed by atoms with Crippen molar-refractivity contribution >= 4 is 40.2 Å². The summed E-state index contributed by atoms with van der Waals surface area (Å²) in [6, 6.07) is 11.2. The van der Waals surface area contributed by atoms with Gasteiger partial charge >= 0.3 is 5.97 Å². The second kappa shape index (κ2) is 9.54. The van der Waals surface area contributed by atoms with Crippen LogP contribution in [0, 0.1) is 5.82 Å². The molecule has 0 aliphatic rings. The maximum atomic E-state index is 14.1. The van der Waals surface area contributed by atoms with Crippen molar-refractivity contribution in [3.05, 3.63) is 87.4 Å². The Labute approximate surface area is 193 Å². The van der Waals surface area contributed by atoms with Gasteiger partial charge < -0.3 is 9.47 Å². The Hall–Kier alpha value is -3.16. The van der Waals surface area contributed by atoms with Crippen LogP contribution < -0.4 is 4.74 Å². The summed E-state index contributed by atoms with van der Waals surface area (Å²) in [7, 11) is 0. The lowest BCUT2D eigenvalue weighted by Gasteiger charge is -2.13. The summed E-state index contributed by atoms with van der Waals surface area (Å²) in [5, 5.41) is 5.80. The number of nitrogens with zero attached hydrogens (tertiary/aromatic N) is 3. The van der Waals surface area contributed by atoms with Crippen molar-refractivity contribution in [2.75, 3.05) is 6.61 Å². The van der Waals surface area contributed by atoms with Crippen LogP contribution in [-0.2, 0) is 17.9 Å². The predicted molar refractivity (Wildman–Crippen MR) is 120 cm³/mol. The highest BCUT2D eigenvalue weighted by atomic mass is 35.5. The Morgan fingerprint density at radius 2 is 1.88 bits per heavy atom. The quantitative estimate of drug-likeness (QED) is 0.323. The molecule has 0 aliphatic heterocycles. The van der Waals surface area contributed by atoms with Gasteiger partial charge in [0, 0.05) is 27.4 Å². The second-order valence-electron chi connectivity index (χ2n) is 6.89. The first kappa shape index (κ1) is 22.0. The van der Waals surface area contributed by atoms with Gasteiger partial charge in [0.05, 0.1) is 30.3 Å². The first-order valence-electron chi connectivity index (χ1n) is 9.79. The number of esters is 1. The molecule has 0 N–H and O–H groups in total. The highest BCUT2D eigenvalue weighted by Crippen LogP contribution is 2.27. The second-order valence-corrected chi connectivity index (χ2v) is 7.77. The topological polar surface area (TPSA) is 66.2 Å². The van der Waals surface area contributed by atoms with Gasteiger partial charge in [-0.2, -0.15) is 5.10 Å². The molecule has 164 valence electrons. The van der Waals surface area contributed by atoms with Crippen LogP contribution in [0.3, 0.4) is 0 Å². The van der Waals surface area contributed by atoms with Gasteiger partial charge in [-0.15, -0.1) is 0 Å². The van der Waals surface area contributed by atoms with E-state index in [1.165, 1.54) is 12.3 Å². The van der Waals surface area contributed by atoms with Crippen LogP contribution >= 0.6 is 23.2 Å². The fourth-order valence-electron chi connectivity index (χ4n) is 3.25. The van der Waals surface area contributed by atoms with Gasteiger partial charge in [0.1, 0.15) is 18.2 Å². The number of hydrogen-bond acceptors (Lipinski definition) is 5. The van der Waals surface area contributed by atoms with E-state index >= 15 is 0 Å². The third kappa shape index (κ3) is 4.69. The molecule has 0 saturated heterocycles. The summed E-state index contributed by atoms with van der Waals surface area (Å²) >= 11 is 12.0. The molecule has 2 heterocycles. The third-order valence-electron chi connectivity index (χ3n) is 4.78. The molecule has 32 heavy (non-hydrogen) atoms. The van der Waals surface area contributed by atoms with Gasteiger partial charge in [-0.3, -0.25) is 0 Å². The molecule has 0 saturated carbocycles. The Bertz CT molecular complexity index is 1290. The summed E-state index contributed by atoms with van der Waals surface area (Å²) in [5.41, 5.74) is 2.01. The summed E-state index contributed by atoms with van der Waals surface area (Å²) in [6.45, 7) is 2.31. The van der Waals surface area contributed by atoms with E-state index in [2.05, 4.69) is 10.1 Å². The average Bonchev–Trinajstić information content (AvgIpc) is 3.17. The van der Waals surface area contributed by atoms with Gasteiger partial charge in [0.25, 0.3) is 0 Å². The Morgan fingerprint density at radius 1 is 1.09 bits per heavy atom. The van der Waals surface area contributed by atoms with E-state index in [1.807, 2.05) is 0 Å². The molecule has 0 unspecified atom stereocenters. The van der Waals surface area contributed by atoms with Crippen molar-refractivity contribution in [3.63, 3.8) is 0 Å². The van der Waals surface area contributed by atoms with Crippen molar-refractivity contribution in [2.45, 2.75) is 20.1 Å². The Morgan fingerprint density at radius 3 is 2.66 bits per heavy atom. The van der Waals surface area contributed by atoms with E-state index in [0.717, 1.165) is 5.56 Å². The average molecular weight is 474 g/mol. The summed E-state index contributed by atoms with van der Waals surface area (Å²) in [5.74, 6) is -0.355. The Balaban J connectivity index is 1.62. The number of pyridine rings is 1. The smallest absolute Gasteiger partial charge is 0.338 e. The number of hydrogen-bond donors (Lipinski definition) is 0. The molecule has 0 bridgehead atoms. The van der Waals surface area contributed by atoms with Crippen LogP contribution in [0.2, 0.25) is 10.0 Å². The van der Waals surface area contributed by atoms with Gasteiger partial charge in [-0.25, -0.2) is 18.9 Å². The SMILES string of the molecule is CCOC(=O)c1ccnc2c1cnn2Cc1cc(Cl)ccc1OCc1ccc(Cl)cc1F. The number of halogens is 3. The summed E-state index contributed by atoms with van der Waals surface area (Å²) in [4.78, 5) is 16.6. The zero-order valence-corrected chi connectivity index (χ0v) is 18.5. The number of carbonyl (C=O) groups excluding carboxylic acids is 1. The van der Waals surface area contributed by atoms with Gasteiger partial charge in [0.2, 0.25) is 0 Å². The number of benzene rings is 2. The number of fused-ring (bicyclic) bond motifs is 1. The van der Waals surface area contributed by atoms with E-state index in [4.69, 9.17) is 32.7 Å². The van der Waals surface area contributed by atoms with Crippen LogP contribution in [0.4, 0.5) is 4.39 Å². The third-order valence-corrected chi connectivity index (χ3v) is 5.25. The van der Waals surface area contributed by atoms with Gasteiger partial charge in [0.15, 0.2) is 5.65 Å². The lowest BCUT2D eigenvalue weighted by atomic mass is 10.2. The first-order chi connectivity index (χ1) is 15.5. The maximum absolute atomic E-state index is 14.1. The Kier molecular flexibility index (Phi) is 6.58. The van der Waals surface area contributed by atoms with Crippen LogP contribution in [-0.4, -0.2) is 27.3 Å². The fourth-order valence-corrected chi connectivity index (χ4v) is 3.60. The summed E-state index contributed by atoms with van der Waals surface area (Å²) in [6.07, 6.45) is 3.11. The minimum Gasteiger partial charge on any atom is -0.488 e. The molecule has 0 amide bonds. The largest absolute Gasteiger partial charge is 0.488 e. The monoisotopic (exact) mass is 473 g/mol. The number of ether oxygens (including phenoxy) is 2. The lowest BCUT2D eigenvalue weighted by Crippen LogP contribution is -2.08. The van der Waals surface area contributed by atoms with Crippen molar-refractivity contribution in [2.24, 2.45) is 0 Å². The molecular weight excluding hydrogens is 456 g/mol. The molecule has 9 heteroatoms. The molecule has 0 fully saturated rings. The van der Waals surface area contributed by atoms with Crippen LogP contribution in [0.15, 0.2) is 54.9 Å². The van der Waals surface area contributed by atoms with Crippen molar-refractivity contribution in [3.8, 4) is 5.75 Å². The van der Waals surface area contributed by atoms with E-state index in [1.54, 1.807) is 54.2 Å². The van der Waals surface area contributed by atoms with Crippen molar-refractivity contribution < 1.29 is 18.7 Å². The van der Waals surface area contributed by atoms with E-state index < -0.39 is 11.8 Å². The molecule has 0 radical (unpaired) electrons. The molecule has 2 aromatic heterocycles. The van der Waals surface area contributed by atoms with Crippen LogP contribution in [0.1, 0.15) is 28.4 Å². The molecule has 4 aromatic rings. The zero-order valence-electron chi connectivity index (χ0n) is 17.0. The minimum absolute atomic E-state index is 0.0166. The number of aromatic nitrogens is 3. The van der Waals surface area contributed by atoms with Crippen LogP contribution in [0.5, 0.6) is 5.75 Å². The van der Waals surface area contributed by atoms with E-state index in [0.29, 0.717) is 38.0 Å². The standard InChI is InChI=1S/C23H18Cl2FN3O3/c1-2-31-23(30)18-7-8-27-22-19(18)11-28-29(22)12-15-9-16(24)5-6-21(15)32-13-14-3-4-17(25)10-20(14)26/h3-11H,2,12-13H2,1H3. The molecule has 4 rings (SSSR count). The van der Waals surface area contributed by atoms with Crippen molar-refractivity contribution in [1.29, 1.82) is 0 Å². The molecule has 6 nitrogen and oxygen atoms in total. The highest BCUT2D eigenvalue weighted by molar-refractivity contribution is 6.30. The number of rotatable bonds is 7. The zero-order chi connectivity index (χ0) is 22.7. The van der Waals surface area contributed by atoms with E-state index in [9.17, 15) is 9.18 Å². The molecule has 0 aliphatic carbocycles. The molecule has 0 atom stereocenters. The summed E-state index contributed by atoms with van der Waals surface area (Å²) < 4.78 is 26.7. The molecule has 0 spiro atoms. The van der Waals surface area contributed by atoms with Crippen LogP contribution in [0.25, 0.3) is 11.0 Å². The van der Waals surface area contributed by atoms with Gasteiger partial charge in [-0.05, 0) is 43.3 Å². The minimum atomic E-state index is -0.443. The molecule has 2 aromatic carbocycles. The van der Waals surface area contributed by atoms with E-state index in [-0.39, 0.29) is 19.8 Å². The lowest BCUT2D eigenvalue weighted by molar-refractivity contribution is 0.0528. The van der Waals surface area contributed by atoms with Gasteiger partial charge in [-0.1, -0.05) is 29.3 Å². The van der Waals surface area contributed by atoms with Crippen molar-refractivity contribution in [1.82, 2.24) is 14.8 Å². The molecular formula is C23H18Cl2FN3O3. The highest BCUT2D eigenvalue weighted by Gasteiger charge is 2.16. The number of carbonyl (C=O) groups is 1. The first-order valence-corrected chi connectivity index (χ1v) is 10.5. The predicted octanol–water partition coefficient (Wildman–Crippen LogP) is 5.68.